The molecule has 0 saturated heterocycles. The Morgan fingerprint density at radius 1 is 1.20 bits per heavy atom. The number of nitrogens with one attached hydrogen (secondary N) is 1. The van der Waals surface area contributed by atoms with Crippen molar-refractivity contribution in [1.29, 1.82) is 0 Å². The number of halogens is 2. The summed E-state index contributed by atoms with van der Waals surface area (Å²) in [7, 11) is 0. The van der Waals surface area contributed by atoms with E-state index < -0.39 is 11.6 Å². The summed E-state index contributed by atoms with van der Waals surface area (Å²) in [6.07, 6.45) is 1.48. The van der Waals surface area contributed by atoms with Crippen molar-refractivity contribution in [3.63, 3.8) is 0 Å². The molecule has 0 saturated carbocycles. The molecule has 1 aromatic heterocycles. The van der Waals surface area contributed by atoms with Crippen LogP contribution in [0.5, 0.6) is 0 Å². The van der Waals surface area contributed by atoms with Crippen LogP contribution in [0.1, 0.15) is 32.2 Å². The average Bonchev–Trinajstić information content (AvgIpc) is 2.79. The van der Waals surface area contributed by atoms with Gasteiger partial charge in [0.15, 0.2) is 5.82 Å². The summed E-state index contributed by atoms with van der Waals surface area (Å²) in [6.45, 7) is 6.66. The minimum atomic E-state index is -0.574. The maximum absolute atomic E-state index is 13.5. The Morgan fingerprint density at radius 3 is 2.45 bits per heavy atom. The quantitative estimate of drug-likeness (QED) is 0.935. The fourth-order valence-electron chi connectivity index (χ4n) is 1.68. The predicted octanol–water partition coefficient (Wildman–Crippen LogP) is 2.49. The van der Waals surface area contributed by atoms with E-state index in [1.165, 1.54) is 29.2 Å². The first-order chi connectivity index (χ1) is 9.35. The van der Waals surface area contributed by atoms with E-state index >= 15 is 0 Å². The van der Waals surface area contributed by atoms with E-state index in [1.807, 2.05) is 20.8 Å². The Labute approximate surface area is 116 Å². The monoisotopic (exact) mass is 280 g/mol. The van der Waals surface area contributed by atoms with E-state index in [0.29, 0.717) is 12.4 Å². The van der Waals surface area contributed by atoms with Gasteiger partial charge in [-0.3, -0.25) is 0 Å². The van der Waals surface area contributed by atoms with Gasteiger partial charge < -0.3 is 5.32 Å². The number of aromatic nitrogens is 3. The highest BCUT2D eigenvalue weighted by molar-refractivity contribution is 5.19. The van der Waals surface area contributed by atoms with E-state index in [1.54, 1.807) is 0 Å². The lowest BCUT2D eigenvalue weighted by atomic mass is 10.1. The average molecular weight is 280 g/mol. The number of benzene rings is 1. The third kappa shape index (κ3) is 3.84. The normalized spacial score (nSPS) is 11.8. The van der Waals surface area contributed by atoms with Crippen LogP contribution in [0.25, 0.3) is 0 Å². The zero-order chi connectivity index (χ0) is 14.8. The molecular formula is C14H18F2N4. The van der Waals surface area contributed by atoms with E-state index in [0.717, 1.165) is 0 Å². The molecule has 0 amide bonds. The summed E-state index contributed by atoms with van der Waals surface area (Å²) in [5.41, 5.74) is -0.0453. The molecule has 0 atom stereocenters. The van der Waals surface area contributed by atoms with Crippen LogP contribution in [0.4, 0.5) is 8.78 Å². The predicted molar refractivity (Wildman–Crippen MR) is 72.1 cm³/mol. The van der Waals surface area contributed by atoms with E-state index in [-0.39, 0.29) is 17.6 Å². The van der Waals surface area contributed by atoms with Gasteiger partial charge in [-0.05, 0) is 32.9 Å². The number of nitrogens with zero attached hydrogens (tertiary/aromatic N) is 3. The maximum Gasteiger partial charge on any atom is 0.164 e. The molecular weight excluding hydrogens is 262 g/mol. The van der Waals surface area contributed by atoms with Crippen molar-refractivity contribution < 1.29 is 8.78 Å². The second kappa shape index (κ2) is 5.66. The van der Waals surface area contributed by atoms with Crippen molar-refractivity contribution in [2.75, 3.05) is 0 Å². The van der Waals surface area contributed by atoms with Gasteiger partial charge in [0, 0.05) is 11.1 Å². The zero-order valence-electron chi connectivity index (χ0n) is 11.8. The van der Waals surface area contributed by atoms with Crippen molar-refractivity contribution in [1.82, 2.24) is 20.1 Å². The van der Waals surface area contributed by atoms with Gasteiger partial charge in [-0.1, -0.05) is 6.07 Å². The molecule has 1 N–H and O–H groups in total. The van der Waals surface area contributed by atoms with Crippen LogP contribution in [-0.4, -0.2) is 20.3 Å². The van der Waals surface area contributed by atoms with Crippen molar-refractivity contribution in [3.05, 3.63) is 47.5 Å². The molecule has 0 aliphatic carbocycles. The highest BCUT2D eigenvalue weighted by atomic mass is 19.1. The summed E-state index contributed by atoms with van der Waals surface area (Å²) in [5.74, 6) is -0.554. The fourth-order valence-corrected chi connectivity index (χ4v) is 1.68. The SMILES string of the molecule is CC(C)(C)NCc1ncn(Cc2c(F)cccc2F)n1. The highest BCUT2D eigenvalue weighted by Crippen LogP contribution is 2.13. The van der Waals surface area contributed by atoms with Crippen molar-refractivity contribution in [3.8, 4) is 0 Å². The zero-order valence-corrected chi connectivity index (χ0v) is 11.8. The molecule has 0 unspecified atom stereocenters. The van der Waals surface area contributed by atoms with Gasteiger partial charge in [-0.15, -0.1) is 0 Å². The molecule has 1 aromatic carbocycles. The van der Waals surface area contributed by atoms with Crippen LogP contribution in [0.15, 0.2) is 24.5 Å². The first-order valence-corrected chi connectivity index (χ1v) is 6.41. The molecule has 6 heteroatoms. The lowest BCUT2D eigenvalue weighted by Gasteiger charge is -2.19. The lowest BCUT2D eigenvalue weighted by Crippen LogP contribution is -2.35. The molecule has 2 rings (SSSR count). The Bertz CT molecular complexity index is 567. The molecule has 0 fully saturated rings. The first kappa shape index (κ1) is 14.6. The van der Waals surface area contributed by atoms with Gasteiger partial charge in [0.25, 0.3) is 0 Å². The fraction of sp³-hybridized carbons (Fsp3) is 0.429. The van der Waals surface area contributed by atoms with Gasteiger partial charge in [0.1, 0.15) is 18.0 Å². The maximum atomic E-state index is 13.5. The number of hydrogen-bond acceptors (Lipinski definition) is 3. The van der Waals surface area contributed by atoms with Crippen molar-refractivity contribution in [2.45, 2.75) is 39.4 Å². The molecule has 0 spiro atoms. The molecule has 0 radical (unpaired) electrons. The Morgan fingerprint density at radius 2 is 1.85 bits per heavy atom. The number of rotatable bonds is 4. The minimum Gasteiger partial charge on any atom is -0.305 e. The molecule has 4 nitrogen and oxygen atoms in total. The summed E-state index contributed by atoms with van der Waals surface area (Å²) in [5, 5.41) is 7.45. The topological polar surface area (TPSA) is 42.7 Å². The lowest BCUT2D eigenvalue weighted by molar-refractivity contribution is 0.416. The van der Waals surface area contributed by atoms with Gasteiger partial charge >= 0.3 is 0 Å². The second-order valence-corrected chi connectivity index (χ2v) is 5.66. The van der Waals surface area contributed by atoms with Crippen LogP contribution in [0.3, 0.4) is 0 Å². The first-order valence-electron chi connectivity index (χ1n) is 6.41. The van der Waals surface area contributed by atoms with E-state index in [4.69, 9.17) is 0 Å². The summed E-state index contributed by atoms with van der Waals surface area (Å²) in [6, 6.07) is 3.81. The molecule has 1 heterocycles. The summed E-state index contributed by atoms with van der Waals surface area (Å²) < 4.78 is 28.5. The van der Waals surface area contributed by atoms with Crippen LogP contribution < -0.4 is 5.32 Å². The Balaban J connectivity index is 2.06. The third-order valence-corrected chi connectivity index (χ3v) is 2.74. The largest absolute Gasteiger partial charge is 0.305 e. The standard InChI is InChI=1S/C14H18F2N4/c1-14(2,3)18-7-13-17-9-20(19-13)8-10-11(15)5-4-6-12(10)16/h4-6,9,18H,7-8H2,1-3H3. The molecule has 0 aliphatic heterocycles. The van der Waals surface area contributed by atoms with Crippen molar-refractivity contribution >= 4 is 0 Å². The molecule has 20 heavy (non-hydrogen) atoms. The summed E-state index contributed by atoms with van der Waals surface area (Å²) >= 11 is 0. The highest BCUT2D eigenvalue weighted by Gasteiger charge is 2.12. The Hall–Kier alpha value is -1.82. The summed E-state index contributed by atoms with van der Waals surface area (Å²) in [4.78, 5) is 4.12. The second-order valence-electron chi connectivity index (χ2n) is 5.66. The molecule has 108 valence electrons. The molecule has 2 aromatic rings. The van der Waals surface area contributed by atoms with Crippen LogP contribution in [-0.2, 0) is 13.1 Å². The van der Waals surface area contributed by atoms with E-state index in [9.17, 15) is 8.78 Å². The number of hydrogen-bond donors (Lipinski definition) is 1. The van der Waals surface area contributed by atoms with Crippen LogP contribution >= 0.6 is 0 Å². The molecule has 0 bridgehead atoms. The van der Waals surface area contributed by atoms with E-state index in [2.05, 4.69) is 15.4 Å². The van der Waals surface area contributed by atoms with Gasteiger partial charge in [-0.25, -0.2) is 18.4 Å². The third-order valence-electron chi connectivity index (χ3n) is 2.74. The molecule has 0 aliphatic rings. The van der Waals surface area contributed by atoms with Gasteiger partial charge in [0.05, 0.1) is 13.1 Å². The Kier molecular flexibility index (Phi) is 4.13. The smallest absolute Gasteiger partial charge is 0.164 e. The van der Waals surface area contributed by atoms with Crippen molar-refractivity contribution in [2.24, 2.45) is 0 Å². The minimum absolute atomic E-state index is 0.00673. The van der Waals surface area contributed by atoms with Gasteiger partial charge in [-0.2, -0.15) is 5.10 Å². The van der Waals surface area contributed by atoms with Crippen LogP contribution in [0.2, 0.25) is 0 Å². The van der Waals surface area contributed by atoms with Gasteiger partial charge in [0.2, 0.25) is 0 Å². The van der Waals surface area contributed by atoms with Crippen LogP contribution in [0, 0.1) is 11.6 Å².